The second-order valence-electron chi connectivity index (χ2n) is 13.8. The van der Waals surface area contributed by atoms with Gasteiger partial charge in [0, 0.05) is 28.0 Å². The summed E-state index contributed by atoms with van der Waals surface area (Å²) in [6.45, 7) is 17.2. The maximum absolute atomic E-state index is 6.77. The highest BCUT2D eigenvalue weighted by Crippen LogP contribution is 2.20. The van der Waals surface area contributed by atoms with Gasteiger partial charge in [0.1, 0.15) is 0 Å². The van der Waals surface area contributed by atoms with Crippen LogP contribution in [-0.4, -0.2) is 13.4 Å². The molecule has 0 amide bonds. The van der Waals surface area contributed by atoms with Crippen LogP contribution in [0.15, 0.2) is 71.2 Å². The summed E-state index contributed by atoms with van der Waals surface area (Å²) in [6, 6.07) is 25.0. The van der Waals surface area contributed by atoms with Gasteiger partial charge in [-0.05, 0) is 77.6 Å². The normalized spacial score (nSPS) is 11.3. The molecule has 0 saturated heterocycles. The molecule has 0 unspecified atom stereocenters. The minimum atomic E-state index is -0.0983. The van der Waals surface area contributed by atoms with Crippen LogP contribution in [0.25, 0.3) is 0 Å². The van der Waals surface area contributed by atoms with E-state index in [-0.39, 0.29) is 13.4 Å². The van der Waals surface area contributed by atoms with Crippen LogP contribution in [-0.2, 0) is 23.5 Å². The first-order valence-corrected chi connectivity index (χ1v) is 19.7. The number of halogens is 5. The smallest absolute Gasteiger partial charge is 0.122 e. The Morgan fingerprint density at radius 3 is 0.857 bits per heavy atom. The summed E-state index contributed by atoms with van der Waals surface area (Å²) in [4.78, 5) is 0. The number of aryl methyl sites for hydroxylation is 8. The lowest BCUT2D eigenvalue weighted by Gasteiger charge is -2.28. The van der Waals surface area contributed by atoms with Gasteiger partial charge in [-0.2, -0.15) is 0 Å². The van der Waals surface area contributed by atoms with Gasteiger partial charge in [0.15, 0.2) is 0 Å². The fourth-order valence-corrected chi connectivity index (χ4v) is 9.70. The lowest BCUT2D eigenvalue weighted by Crippen LogP contribution is -2.60. The van der Waals surface area contributed by atoms with Gasteiger partial charge >= 0.3 is 0 Å². The third-order valence-corrected chi connectivity index (χ3v) is 11.4. The van der Waals surface area contributed by atoms with Gasteiger partial charge < -0.3 is 0 Å². The molecule has 0 aromatic heterocycles. The summed E-state index contributed by atoms with van der Waals surface area (Å²) < 4.78 is 1.01. The summed E-state index contributed by atoms with van der Waals surface area (Å²) in [5.74, 6) is 1.68. The van der Waals surface area contributed by atoms with Crippen molar-refractivity contribution in [1.29, 1.82) is 0 Å². The van der Waals surface area contributed by atoms with Crippen molar-refractivity contribution < 1.29 is 0 Å². The molecule has 0 aliphatic heterocycles. The Bertz CT molecular complexity index is 1780. The zero-order chi connectivity index (χ0) is 35.7. The molecule has 0 aliphatic rings. The molecule has 0 fully saturated rings. The van der Waals surface area contributed by atoms with Gasteiger partial charge in [0.2, 0.25) is 13.4 Å². The Kier molecular flexibility index (Phi) is 12.5. The van der Waals surface area contributed by atoms with Crippen LogP contribution in [0, 0.1) is 55.4 Å². The summed E-state index contributed by atoms with van der Waals surface area (Å²) in [5.41, 5.74) is 21.6. The standard InChI is InChI=1S/C42H43B2BrCl4/c1-24-9-28(5)39(32(13-24)20-46)43(40-29(6)10-25(2)14-33(40)21-47)36-17-37(19-38(45)18-36)44(41-30(7)11-26(3)15-34(41)22-48)42-31(8)12-27(4)16-35(42)23-49/h9-19H,20-23H2,1-8H3. The Morgan fingerprint density at radius 2 is 0.633 bits per heavy atom. The van der Waals surface area contributed by atoms with Crippen molar-refractivity contribution in [3.63, 3.8) is 0 Å². The summed E-state index contributed by atoms with van der Waals surface area (Å²) >= 11 is 31.1. The van der Waals surface area contributed by atoms with Crippen molar-refractivity contribution in [2.24, 2.45) is 0 Å². The highest BCUT2D eigenvalue weighted by Gasteiger charge is 2.34. The van der Waals surface area contributed by atoms with Gasteiger partial charge in [0.25, 0.3) is 0 Å². The molecule has 0 heterocycles. The molecule has 49 heavy (non-hydrogen) atoms. The SMILES string of the molecule is Cc1cc(C)c(B(c2cc(Br)cc(B(c3c(C)cc(C)cc3CCl)c3c(C)cc(C)cc3CCl)c2)c2c(C)cc(C)cc2CCl)c(CCl)c1. The molecular formula is C42H43B2BrCl4. The average molecular weight is 791 g/mol. The van der Waals surface area contributed by atoms with Gasteiger partial charge in [-0.25, -0.2) is 0 Å². The largest absolute Gasteiger partial charge is 0.242 e. The quantitative estimate of drug-likeness (QED) is 0.0980. The van der Waals surface area contributed by atoms with Crippen molar-refractivity contribution in [3.8, 4) is 0 Å². The van der Waals surface area contributed by atoms with Crippen molar-refractivity contribution in [2.75, 3.05) is 0 Å². The molecule has 0 bridgehead atoms. The number of hydrogen-bond acceptors (Lipinski definition) is 0. The van der Waals surface area contributed by atoms with Crippen molar-refractivity contribution in [3.05, 3.63) is 138 Å². The molecule has 5 aromatic rings. The van der Waals surface area contributed by atoms with E-state index in [1.807, 2.05) is 0 Å². The third-order valence-electron chi connectivity index (χ3n) is 9.81. The number of rotatable bonds is 10. The van der Waals surface area contributed by atoms with Crippen LogP contribution < -0.4 is 32.8 Å². The Morgan fingerprint density at radius 1 is 0.388 bits per heavy atom. The molecule has 0 radical (unpaired) electrons. The summed E-state index contributed by atoms with van der Waals surface area (Å²) in [5, 5.41) is 0. The lowest BCUT2D eigenvalue weighted by atomic mass is 9.31. The van der Waals surface area contributed by atoms with Crippen LogP contribution in [0.3, 0.4) is 0 Å². The second kappa shape index (κ2) is 16.0. The predicted octanol–water partition coefficient (Wildman–Crippen LogP) is 8.90. The van der Waals surface area contributed by atoms with Crippen molar-refractivity contribution in [2.45, 2.75) is 78.9 Å². The molecule has 252 valence electrons. The van der Waals surface area contributed by atoms with Crippen molar-refractivity contribution in [1.82, 2.24) is 0 Å². The predicted molar refractivity (Wildman–Crippen MR) is 225 cm³/mol. The van der Waals surface area contributed by atoms with E-state index in [1.165, 1.54) is 77.3 Å². The van der Waals surface area contributed by atoms with E-state index in [9.17, 15) is 0 Å². The monoisotopic (exact) mass is 788 g/mol. The fourth-order valence-electron chi connectivity index (χ4n) is 8.29. The zero-order valence-corrected chi connectivity index (χ0v) is 34.3. The minimum Gasteiger partial charge on any atom is -0.122 e. The first-order chi connectivity index (χ1) is 23.3. The van der Waals surface area contributed by atoms with Gasteiger partial charge in [-0.15, -0.1) is 46.4 Å². The van der Waals surface area contributed by atoms with Crippen LogP contribution in [0.5, 0.6) is 0 Å². The van der Waals surface area contributed by atoms with E-state index >= 15 is 0 Å². The van der Waals surface area contributed by atoms with Crippen LogP contribution >= 0.6 is 62.3 Å². The first-order valence-electron chi connectivity index (χ1n) is 16.8. The van der Waals surface area contributed by atoms with E-state index in [0.717, 1.165) is 26.7 Å². The van der Waals surface area contributed by atoms with E-state index in [2.05, 4.69) is 138 Å². The molecule has 0 N–H and O–H groups in total. The molecule has 7 heteroatoms. The molecular weight excluding hydrogens is 748 g/mol. The van der Waals surface area contributed by atoms with E-state index in [4.69, 9.17) is 46.4 Å². The topological polar surface area (TPSA) is 0 Å². The van der Waals surface area contributed by atoms with Crippen LogP contribution in [0.4, 0.5) is 0 Å². The second-order valence-corrected chi connectivity index (χ2v) is 15.8. The van der Waals surface area contributed by atoms with Gasteiger partial charge in [-0.1, -0.05) is 160 Å². The maximum atomic E-state index is 6.77. The number of hydrogen-bond donors (Lipinski definition) is 0. The number of alkyl halides is 4. The van der Waals surface area contributed by atoms with Gasteiger partial charge in [0.05, 0.1) is 0 Å². The first kappa shape index (κ1) is 38.1. The highest BCUT2D eigenvalue weighted by atomic mass is 79.9. The van der Waals surface area contributed by atoms with Crippen LogP contribution in [0.1, 0.15) is 66.8 Å². The third kappa shape index (κ3) is 7.88. The molecule has 0 saturated carbocycles. The van der Waals surface area contributed by atoms with Crippen molar-refractivity contribution >= 4 is 109 Å². The van der Waals surface area contributed by atoms with E-state index in [1.54, 1.807) is 0 Å². The number of benzene rings is 5. The Hall–Kier alpha value is -2.13. The summed E-state index contributed by atoms with van der Waals surface area (Å²) in [6.07, 6.45) is 0. The fraction of sp³-hybridized carbons (Fsp3) is 0.286. The lowest BCUT2D eigenvalue weighted by molar-refractivity contribution is 1.31. The average Bonchev–Trinajstić information content (AvgIpc) is 3.03. The molecule has 5 rings (SSSR count). The van der Waals surface area contributed by atoms with E-state index < -0.39 is 0 Å². The molecule has 5 aromatic carbocycles. The Balaban J connectivity index is 1.93. The molecule has 0 nitrogen and oxygen atoms in total. The highest BCUT2D eigenvalue weighted by molar-refractivity contribution is 9.10. The van der Waals surface area contributed by atoms with E-state index in [0.29, 0.717) is 23.5 Å². The molecule has 0 aliphatic carbocycles. The molecule has 0 spiro atoms. The zero-order valence-electron chi connectivity index (χ0n) is 29.7. The maximum Gasteiger partial charge on any atom is 0.242 e. The van der Waals surface area contributed by atoms with Crippen LogP contribution in [0.2, 0.25) is 0 Å². The Labute approximate surface area is 323 Å². The molecule has 0 atom stereocenters. The van der Waals surface area contributed by atoms with Gasteiger partial charge in [-0.3, -0.25) is 0 Å². The minimum absolute atomic E-state index is 0.0983. The summed E-state index contributed by atoms with van der Waals surface area (Å²) in [7, 11) is 0.